The lowest BCUT2D eigenvalue weighted by atomic mass is 10.1. The van der Waals surface area contributed by atoms with Gasteiger partial charge in [-0.25, -0.2) is 13.4 Å². The number of amides is 2. The molecule has 0 saturated carbocycles. The fraction of sp³-hybridized carbons (Fsp3) is 0.353. The number of aromatic amines is 1. The summed E-state index contributed by atoms with van der Waals surface area (Å²) in [7, 11) is -3.14. The second kappa shape index (κ2) is 6.24. The number of hydrazone groups is 1. The molecule has 2 amide bonds. The maximum absolute atomic E-state index is 12.6. The van der Waals surface area contributed by atoms with Gasteiger partial charge in [-0.2, -0.15) is 5.10 Å². The van der Waals surface area contributed by atoms with Crippen molar-refractivity contribution in [2.45, 2.75) is 25.3 Å². The van der Waals surface area contributed by atoms with Crippen molar-refractivity contribution >= 4 is 44.0 Å². The molecule has 2 N–H and O–H groups in total. The second-order valence-electron chi connectivity index (χ2n) is 6.54. The Labute approximate surface area is 150 Å². The van der Waals surface area contributed by atoms with Crippen molar-refractivity contribution in [3.05, 3.63) is 30.5 Å². The van der Waals surface area contributed by atoms with Crippen molar-refractivity contribution in [1.29, 1.82) is 0 Å². The number of nitrogens with one attached hydrogen (secondary N) is 2. The summed E-state index contributed by atoms with van der Waals surface area (Å²) in [5.41, 5.74) is 1.80. The molecule has 1 aromatic carbocycles. The Bertz CT molecular complexity index is 1020. The molecule has 3 heterocycles. The summed E-state index contributed by atoms with van der Waals surface area (Å²) in [5.74, 6) is -0.665. The molecule has 4 rings (SSSR count). The molecule has 136 valence electrons. The van der Waals surface area contributed by atoms with Gasteiger partial charge in [0.1, 0.15) is 5.71 Å². The van der Waals surface area contributed by atoms with Crippen molar-refractivity contribution in [2.75, 3.05) is 16.8 Å². The van der Waals surface area contributed by atoms with Crippen LogP contribution in [0.5, 0.6) is 0 Å². The minimum atomic E-state index is -3.14. The van der Waals surface area contributed by atoms with E-state index in [1.165, 1.54) is 5.01 Å². The molecular weight excluding hydrogens is 356 g/mol. The number of fused-ring (bicyclic) bond motifs is 1. The molecule has 9 heteroatoms. The summed E-state index contributed by atoms with van der Waals surface area (Å²) in [4.78, 5) is 27.8. The Hall–Kier alpha value is -2.68. The van der Waals surface area contributed by atoms with Gasteiger partial charge >= 0.3 is 0 Å². The normalized spacial score (nSPS) is 22.5. The van der Waals surface area contributed by atoms with Crippen molar-refractivity contribution in [3.63, 3.8) is 0 Å². The molecule has 2 aliphatic heterocycles. The van der Waals surface area contributed by atoms with Crippen LogP contribution in [0.25, 0.3) is 10.9 Å². The van der Waals surface area contributed by atoms with Crippen LogP contribution in [0.15, 0.2) is 35.6 Å². The zero-order valence-electron chi connectivity index (χ0n) is 13.9. The van der Waals surface area contributed by atoms with Gasteiger partial charge in [0.2, 0.25) is 5.91 Å². The minimum absolute atomic E-state index is 0.0496. The molecule has 0 spiro atoms. The van der Waals surface area contributed by atoms with Crippen LogP contribution in [0.3, 0.4) is 0 Å². The van der Waals surface area contributed by atoms with Crippen molar-refractivity contribution in [2.24, 2.45) is 5.10 Å². The molecule has 0 unspecified atom stereocenters. The molecule has 1 saturated heterocycles. The Morgan fingerprint density at radius 2 is 2.12 bits per heavy atom. The highest BCUT2D eigenvalue weighted by Crippen LogP contribution is 2.24. The molecule has 0 radical (unpaired) electrons. The molecule has 2 aliphatic rings. The lowest BCUT2D eigenvalue weighted by Gasteiger charge is -2.27. The third kappa shape index (κ3) is 3.10. The molecule has 8 nitrogen and oxygen atoms in total. The monoisotopic (exact) mass is 374 g/mol. The van der Waals surface area contributed by atoms with Crippen LogP contribution in [-0.4, -0.2) is 53.5 Å². The summed E-state index contributed by atoms with van der Waals surface area (Å²) in [6.45, 7) is 0. The van der Waals surface area contributed by atoms with Gasteiger partial charge in [0.05, 0.1) is 23.2 Å². The van der Waals surface area contributed by atoms with Gasteiger partial charge < -0.3 is 10.3 Å². The van der Waals surface area contributed by atoms with E-state index in [9.17, 15) is 18.0 Å². The van der Waals surface area contributed by atoms with Crippen LogP contribution in [0, 0.1) is 0 Å². The molecule has 26 heavy (non-hydrogen) atoms. The van der Waals surface area contributed by atoms with E-state index in [0.29, 0.717) is 12.1 Å². The van der Waals surface area contributed by atoms with E-state index in [2.05, 4.69) is 15.4 Å². The Kier molecular flexibility index (Phi) is 4.03. The van der Waals surface area contributed by atoms with Gasteiger partial charge in [-0.05, 0) is 24.6 Å². The summed E-state index contributed by atoms with van der Waals surface area (Å²) < 4.78 is 23.4. The van der Waals surface area contributed by atoms with Crippen LogP contribution >= 0.6 is 0 Å². The van der Waals surface area contributed by atoms with Gasteiger partial charge in [0.15, 0.2) is 9.84 Å². The zero-order valence-corrected chi connectivity index (χ0v) is 14.8. The number of anilines is 1. The highest BCUT2D eigenvalue weighted by atomic mass is 32.2. The van der Waals surface area contributed by atoms with Crippen LogP contribution < -0.4 is 5.32 Å². The Morgan fingerprint density at radius 1 is 1.27 bits per heavy atom. The fourth-order valence-corrected chi connectivity index (χ4v) is 5.07. The second-order valence-corrected chi connectivity index (χ2v) is 8.77. The molecule has 0 aliphatic carbocycles. The average Bonchev–Trinajstić information content (AvgIpc) is 3.22. The van der Waals surface area contributed by atoms with Crippen LogP contribution in [0.4, 0.5) is 5.69 Å². The number of carbonyl (C=O) groups excluding carboxylic acids is 2. The van der Waals surface area contributed by atoms with E-state index in [1.807, 2.05) is 18.2 Å². The smallest absolute Gasteiger partial charge is 0.271 e. The SMILES string of the molecule is O=C(Nc1cccc2[nH]ccc12)C1=NN([C@@H]2CCS(=O)(=O)C2)C(=O)CC1. The predicted molar refractivity (Wildman–Crippen MR) is 97.5 cm³/mol. The van der Waals surface area contributed by atoms with E-state index in [1.54, 1.807) is 12.3 Å². The van der Waals surface area contributed by atoms with E-state index >= 15 is 0 Å². The lowest BCUT2D eigenvalue weighted by molar-refractivity contribution is -0.133. The summed E-state index contributed by atoms with van der Waals surface area (Å²) >= 11 is 0. The van der Waals surface area contributed by atoms with E-state index in [4.69, 9.17) is 0 Å². The van der Waals surface area contributed by atoms with Gasteiger partial charge in [0, 0.05) is 29.9 Å². The van der Waals surface area contributed by atoms with Crippen LogP contribution in [-0.2, 0) is 19.4 Å². The van der Waals surface area contributed by atoms with E-state index in [-0.39, 0.29) is 41.9 Å². The summed E-state index contributed by atoms with van der Waals surface area (Å²) in [6, 6.07) is 6.92. The maximum atomic E-state index is 12.6. The van der Waals surface area contributed by atoms with Crippen molar-refractivity contribution < 1.29 is 18.0 Å². The van der Waals surface area contributed by atoms with E-state index < -0.39 is 15.9 Å². The van der Waals surface area contributed by atoms with Gasteiger partial charge in [-0.15, -0.1) is 0 Å². The standard InChI is InChI=1S/C17H18N4O4S/c22-16-5-4-15(20-21(16)11-7-9-26(24,25)10-11)17(23)19-14-3-1-2-13-12(14)6-8-18-13/h1-3,6,8,11,18H,4-5,7,9-10H2,(H,19,23)/t11-/m1/s1. The molecular formula is C17H18N4O4S. The number of H-pyrrole nitrogens is 1. The minimum Gasteiger partial charge on any atom is -0.361 e. The molecule has 2 aromatic rings. The number of carbonyl (C=O) groups is 2. The Balaban J connectivity index is 1.56. The van der Waals surface area contributed by atoms with Gasteiger partial charge in [0.25, 0.3) is 5.91 Å². The third-order valence-electron chi connectivity index (χ3n) is 4.72. The Morgan fingerprint density at radius 3 is 2.88 bits per heavy atom. The fourth-order valence-electron chi connectivity index (χ4n) is 3.38. The highest BCUT2D eigenvalue weighted by Gasteiger charge is 2.37. The quantitative estimate of drug-likeness (QED) is 0.842. The number of hydrogen-bond donors (Lipinski definition) is 2. The van der Waals surface area contributed by atoms with Gasteiger partial charge in [-0.1, -0.05) is 6.07 Å². The molecule has 0 bridgehead atoms. The molecule has 1 aromatic heterocycles. The largest absolute Gasteiger partial charge is 0.361 e. The maximum Gasteiger partial charge on any atom is 0.271 e. The first-order valence-corrected chi connectivity index (χ1v) is 10.2. The molecule has 1 atom stereocenters. The average molecular weight is 374 g/mol. The summed E-state index contributed by atoms with van der Waals surface area (Å²) in [5, 5.41) is 9.10. The number of benzene rings is 1. The number of rotatable bonds is 3. The number of aromatic nitrogens is 1. The predicted octanol–water partition coefficient (Wildman–Crippen LogP) is 1.27. The first-order valence-electron chi connectivity index (χ1n) is 8.40. The first kappa shape index (κ1) is 16.8. The molecule has 1 fully saturated rings. The van der Waals surface area contributed by atoms with Crippen LogP contribution in [0.2, 0.25) is 0 Å². The summed E-state index contributed by atoms with van der Waals surface area (Å²) in [6.07, 6.45) is 2.54. The number of hydrogen-bond acceptors (Lipinski definition) is 5. The highest BCUT2D eigenvalue weighted by molar-refractivity contribution is 7.91. The van der Waals surface area contributed by atoms with Crippen LogP contribution in [0.1, 0.15) is 19.3 Å². The number of sulfone groups is 1. The van der Waals surface area contributed by atoms with Crippen molar-refractivity contribution in [3.8, 4) is 0 Å². The zero-order chi connectivity index (χ0) is 18.3. The van der Waals surface area contributed by atoms with Gasteiger partial charge in [-0.3, -0.25) is 9.59 Å². The lowest BCUT2D eigenvalue weighted by Crippen LogP contribution is -2.42. The van der Waals surface area contributed by atoms with E-state index in [0.717, 1.165) is 10.9 Å². The topological polar surface area (TPSA) is 112 Å². The van der Waals surface area contributed by atoms with Crippen molar-refractivity contribution in [1.82, 2.24) is 9.99 Å². The number of nitrogens with zero attached hydrogens (tertiary/aromatic N) is 2. The first-order chi connectivity index (χ1) is 12.4. The third-order valence-corrected chi connectivity index (χ3v) is 6.47.